The second-order valence-electron chi connectivity index (χ2n) is 15.6. The van der Waals surface area contributed by atoms with Crippen LogP contribution in [0.15, 0.2) is 194 Å². The van der Waals surface area contributed by atoms with Gasteiger partial charge < -0.3 is 31.1 Å². The van der Waals surface area contributed by atoms with Gasteiger partial charge in [0.15, 0.2) is 11.5 Å². The number of hydrogen-bond donors (Lipinski definition) is 10. The van der Waals surface area contributed by atoms with Gasteiger partial charge in [0.2, 0.25) is 0 Å². The Labute approximate surface area is 427 Å². The Balaban J connectivity index is 0.974. The Kier molecular flexibility index (Phi) is 14.4. The summed E-state index contributed by atoms with van der Waals surface area (Å²) in [6.07, 6.45) is 0. The molecule has 27 nitrogen and oxygen atoms in total. The molecule has 10 N–H and O–H groups in total. The van der Waals surface area contributed by atoms with E-state index >= 15 is 0 Å². The molecular formula is C45H32N10O17S4. The summed E-state index contributed by atoms with van der Waals surface area (Å²) >= 11 is 0. The Morgan fingerprint density at radius 1 is 0.368 bits per heavy atom. The number of urea groups is 1. The van der Waals surface area contributed by atoms with Crippen molar-refractivity contribution in [2.75, 3.05) is 10.6 Å². The van der Waals surface area contributed by atoms with Crippen molar-refractivity contribution in [1.82, 2.24) is 0 Å². The fraction of sp³-hybridized carbons (Fsp3) is 0. The fourth-order valence-electron chi connectivity index (χ4n) is 6.86. The van der Waals surface area contributed by atoms with Crippen LogP contribution in [0.25, 0.3) is 21.5 Å². The largest absolute Gasteiger partial charge is 0.506 e. The van der Waals surface area contributed by atoms with Crippen molar-refractivity contribution in [3.05, 3.63) is 133 Å². The van der Waals surface area contributed by atoms with E-state index in [1.165, 1.54) is 84.9 Å². The number of rotatable bonds is 14. The maximum Gasteiger partial charge on any atom is 0.323 e. The first-order valence-corrected chi connectivity index (χ1v) is 26.6. The van der Waals surface area contributed by atoms with Gasteiger partial charge in [0.1, 0.15) is 44.0 Å². The van der Waals surface area contributed by atoms with E-state index in [1.54, 1.807) is 0 Å². The highest BCUT2D eigenvalue weighted by Crippen LogP contribution is 2.45. The molecule has 0 saturated heterocycles. The summed E-state index contributed by atoms with van der Waals surface area (Å²) in [7, 11) is -19.1. The maximum absolute atomic E-state index is 13.2. The number of azo groups is 4. The normalized spacial score (nSPS) is 12.7. The van der Waals surface area contributed by atoms with Gasteiger partial charge in [0.05, 0.1) is 32.5 Å². The third kappa shape index (κ3) is 12.2. The van der Waals surface area contributed by atoms with E-state index < -0.39 is 90.7 Å². The van der Waals surface area contributed by atoms with Crippen LogP contribution in [-0.2, 0) is 40.5 Å². The molecule has 0 atom stereocenters. The first-order chi connectivity index (χ1) is 35.7. The summed E-state index contributed by atoms with van der Waals surface area (Å²) in [5, 5.41) is 79.3. The summed E-state index contributed by atoms with van der Waals surface area (Å²) in [6, 6.07) is 25.3. The zero-order valence-corrected chi connectivity index (χ0v) is 40.9. The van der Waals surface area contributed by atoms with Crippen LogP contribution in [0.3, 0.4) is 0 Å². The van der Waals surface area contributed by atoms with E-state index in [0.717, 1.165) is 48.5 Å². The van der Waals surface area contributed by atoms with Crippen molar-refractivity contribution in [1.29, 1.82) is 0 Å². The van der Waals surface area contributed by atoms with Crippen molar-refractivity contribution in [2.45, 2.75) is 19.6 Å². The highest BCUT2D eigenvalue weighted by molar-refractivity contribution is 7.86. The number of carbonyl (C=O) groups excluding carboxylic acids is 1. The SMILES string of the molecule is O=C(Nc1ccc2c(O)c(N=Nc3ccc(N=Nc4ccc(S(=O)(=O)O)cc4)cc3O)c(S(=O)(=O)O)cc2c1)Nc1ccc2c(O)c(N=Nc3ccc(N=Nc4ccc(S(=O)(=O)O)cc4)cc3O)c(S(=O)(=O)O)cc2c1. The van der Waals surface area contributed by atoms with Crippen LogP contribution in [0.5, 0.6) is 23.0 Å². The van der Waals surface area contributed by atoms with Gasteiger partial charge in [0.25, 0.3) is 40.5 Å². The second-order valence-corrected chi connectivity index (χ2v) is 21.3. The first kappa shape index (κ1) is 53.1. The van der Waals surface area contributed by atoms with E-state index in [4.69, 9.17) is 9.11 Å². The molecule has 0 radical (unpaired) electrons. The average Bonchev–Trinajstić information content (AvgIpc) is 3.36. The lowest BCUT2D eigenvalue weighted by Crippen LogP contribution is -2.19. The highest BCUT2D eigenvalue weighted by Gasteiger charge is 2.25. The zero-order chi connectivity index (χ0) is 54.9. The van der Waals surface area contributed by atoms with Crippen LogP contribution in [0.4, 0.5) is 61.7 Å². The van der Waals surface area contributed by atoms with E-state index in [1.807, 2.05) is 0 Å². The van der Waals surface area contributed by atoms with E-state index in [2.05, 4.69) is 51.5 Å². The molecule has 8 aromatic rings. The number of benzene rings is 8. The Hall–Kier alpha value is -9.21. The van der Waals surface area contributed by atoms with Crippen LogP contribution in [-0.4, -0.2) is 78.3 Å². The summed E-state index contributed by atoms with van der Waals surface area (Å²) in [6.45, 7) is 0. The van der Waals surface area contributed by atoms with Gasteiger partial charge in [-0.3, -0.25) is 18.2 Å². The molecule has 2 amide bonds. The van der Waals surface area contributed by atoms with E-state index in [9.17, 15) is 68.0 Å². The van der Waals surface area contributed by atoms with Gasteiger partial charge in [-0.2, -0.15) is 54.1 Å². The summed E-state index contributed by atoms with van der Waals surface area (Å²) in [4.78, 5) is 10.7. The molecule has 0 aliphatic carbocycles. The molecule has 0 aliphatic heterocycles. The molecule has 0 aliphatic rings. The minimum Gasteiger partial charge on any atom is -0.506 e. The fourth-order valence-corrected chi connectivity index (χ4v) is 9.14. The van der Waals surface area contributed by atoms with Crippen LogP contribution in [0, 0.1) is 0 Å². The van der Waals surface area contributed by atoms with Crippen molar-refractivity contribution in [2.24, 2.45) is 40.9 Å². The third-order valence-electron chi connectivity index (χ3n) is 10.4. The van der Waals surface area contributed by atoms with Crippen molar-refractivity contribution < 1.29 is 77.1 Å². The quantitative estimate of drug-likeness (QED) is 0.0357. The van der Waals surface area contributed by atoms with Gasteiger partial charge >= 0.3 is 6.03 Å². The number of nitrogens with zero attached hydrogens (tertiary/aromatic N) is 8. The second kappa shape index (κ2) is 20.6. The van der Waals surface area contributed by atoms with Gasteiger partial charge in [-0.1, -0.05) is 0 Å². The monoisotopic (exact) mass is 1110 g/mol. The predicted molar refractivity (Wildman–Crippen MR) is 269 cm³/mol. The predicted octanol–water partition coefficient (Wildman–Crippen LogP) is 11.1. The van der Waals surface area contributed by atoms with Crippen LogP contribution >= 0.6 is 0 Å². The summed E-state index contributed by atoms with van der Waals surface area (Å²) in [5.74, 6) is -2.60. The molecule has 76 heavy (non-hydrogen) atoms. The lowest BCUT2D eigenvalue weighted by molar-refractivity contribution is 0.262. The lowest BCUT2D eigenvalue weighted by atomic mass is 10.1. The molecule has 388 valence electrons. The molecule has 8 aromatic carbocycles. The molecule has 0 fully saturated rings. The van der Waals surface area contributed by atoms with Crippen molar-refractivity contribution in [3.8, 4) is 23.0 Å². The first-order valence-electron chi connectivity index (χ1n) is 20.8. The number of fused-ring (bicyclic) bond motifs is 2. The molecule has 0 heterocycles. The Morgan fingerprint density at radius 2 is 0.711 bits per heavy atom. The van der Waals surface area contributed by atoms with Gasteiger partial charge in [-0.15, -0.1) is 20.5 Å². The van der Waals surface area contributed by atoms with Gasteiger partial charge in [0, 0.05) is 34.3 Å². The van der Waals surface area contributed by atoms with Crippen LogP contribution < -0.4 is 10.6 Å². The molecule has 31 heteroatoms. The molecule has 8 rings (SSSR count). The number of carbonyl (C=O) groups is 1. The third-order valence-corrected chi connectivity index (χ3v) is 13.9. The highest BCUT2D eigenvalue weighted by atomic mass is 32.2. The minimum absolute atomic E-state index is 0.0239. The summed E-state index contributed by atoms with van der Waals surface area (Å²) in [5.41, 5.74) is -1.31. The van der Waals surface area contributed by atoms with E-state index in [0.29, 0.717) is 0 Å². The number of aromatic hydroxyl groups is 4. The molecule has 0 spiro atoms. The van der Waals surface area contributed by atoms with Crippen LogP contribution in [0.1, 0.15) is 0 Å². The molecule has 0 saturated carbocycles. The number of amides is 2. The lowest BCUT2D eigenvalue weighted by Gasteiger charge is -2.13. The van der Waals surface area contributed by atoms with Gasteiger partial charge in [-0.05, 0) is 132 Å². The summed E-state index contributed by atoms with van der Waals surface area (Å²) < 4.78 is 134. The van der Waals surface area contributed by atoms with E-state index in [-0.39, 0.29) is 76.8 Å². The number of hydrogen-bond acceptors (Lipinski definition) is 21. The molecule has 0 bridgehead atoms. The van der Waals surface area contributed by atoms with Crippen molar-refractivity contribution in [3.63, 3.8) is 0 Å². The smallest absolute Gasteiger partial charge is 0.323 e. The standard InChI is InChI=1S/C45H32N10O17S4/c56-37-21-29(50-48-25-1-9-31(10-2-25)73(61,62)63)7-15-35(37)52-54-41-39(75(67,68)69)19-23-17-27(5-13-33(23)43(41)58)46-45(60)47-28-6-14-34-24(18-28)20-40(76(70,71)72)42(44(34)59)55-53-36-16-8-30(22-38(36)57)51-49-26-3-11-32(12-4-26)74(64,65)66/h1-22,56-59H,(H2,46,47,60)(H,61,62,63)(H,64,65,66)(H,67,68,69)(H,70,71,72). The van der Waals surface area contributed by atoms with Crippen LogP contribution in [0.2, 0.25) is 0 Å². The number of nitrogens with one attached hydrogen (secondary N) is 2. The Bertz CT molecular complexity index is 4020. The zero-order valence-electron chi connectivity index (χ0n) is 37.7. The minimum atomic E-state index is -5.12. The average molecular weight is 1110 g/mol. The Morgan fingerprint density at radius 3 is 1.04 bits per heavy atom. The maximum atomic E-state index is 13.2. The molecular weight excluding hydrogens is 1080 g/mol. The number of phenols is 4. The molecule has 0 unspecified atom stereocenters. The van der Waals surface area contributed by atoms with Crippen molar-refractivity contribution >= 4 is 125 Å². The topological polar surface area (TPSA) is 438 Å². The van der Waals surface area contributed by atoms with Gasteiger partial charge in [-0.25, -0.2) is 4.79 Å². The number of anilines is 2. The molecule has 0 aromatic heterocycles. The number of phenolic OH excluding ortho intramolecular Hbond substituents is 4.